The molecule has 0 radical (unpaired) electrons. The molecule has 2 aromatic carbocycles. The zero-order valence-electron chi connectivity index (χ0n) is 20.8. The van der Waals surface area contributed by atoms with E-state index in [1.54, 1.807) is 11.3 Å². The lowest BCUT2D eigenvalue weighted by molar-refractivity contribution is -0.116. The van der Waals surface area contributed by atoms with E-state index in [2.05, 4.69) is 33.9 Å². The molecule has 1 aliphatic rings. The number of benzene rings is 2. The summed E-state index contributed by atoms with van der Waals surface area (Å²) in [4.78, 5) is 21.6. The highest BCUT2D eigenvalue weighted by Gasteiger charge is 2.32. The first-order valence-electron chi connectivity index (χ1n) is 11.7. The molecule has 184 valence electrons. The predicted molar refractivity (Wildman–Crippen MR) is 147 cm³/mol. The minimum absolute atomic E-state index is 0.133. The molecule has 7 nitrogen and oxygen atoms in total. The van der Waals surface area contributed by atoms with Crippen molar-refractivity contribution in [2.75, 3.05) is 24.3 Å². The predicted octanol–water partition coefficient (Wildman–Crippen LogP) is 5.89. The van der Waals surface area contributed by atoms with Gasteiger partial charge < -0.3 is 10.2 Å². The Kier molecular flexibility index (Phi) is 6.40. The fourth-order valence-electron chi connectivity index (χ4n) is 4.38. The number of carbonyl (C=O) groups excluding carboxylic acids is 1. The van der Waals surface area contributed by atoms with E-state index in [0.29, 0.717) is 10.8 Å². The lowest BCUT2D eigenvalue weighted by atomic mass is 9.99. The second-order valence-corrected chi connectivity index (χ2v) is 10.7. The molecule has 4 aromatic rings. The van der Waals surface area contributed by atoms with Crippen molar-refractivity contribution >= 4 is 45.9 Å². The van der Waals surface area contributed by atoms with Crippen LogP contribution in [-0.4, -0.2) is 40.5 Å². The summed E-state index contributed by atoms with van der Waals surface area (Å²) >= 11 is 7.88. The van der Waals surface area contributed by atoms with E-state index < -0.39 is 6.04 Å². The van der Waals surface area contributed by atoms with Crippen molar-refractivity contribution in [3.05, 3.63) is 86.8 Å². The molecule has 5 rings (SSSR count). The summed E-state index contributed by atoms with van der Waals surface area (Å²) in [6.07, 6.45) is 0.133. The van der Waals surface area contributed by atoms with Gasteiger partial charge in [0.05, 0.1) is 12.1 Å². The monoisotopic (exact) mass is 518 g/mol. The van der Waals surface area contributed by atoms with E-state index >= 15 is 0 Å². The van der Waals surface area contributed by atoms with E-state index in [9.17, 15) is 4.79 Å². The summed E-state index contributed by atoms with van der Waals surface area (Å²) < 4.78 is 2.05. The number of amides is 1. The van der Waals surface area contributed by atoms with Crippen molar-refractivity contribution in [2.24, 2.45) is 4.99 Å². The lowest BCUT2D eigenvalue weighted by Crippen LogP contribution is -2.17. The highest BCUT2D eigenvalue weighted by atomic mass is 35.5. The average molecular weight is 519 g/mol. The van der Waals surface area contributed by atoms with Crippen molar-refractivity contribution < 1.29 is 4.79 Å². The molecule has 0 saturated carbocycles. The molecule has 0 spiro atoms. The van der Waals surface area contributed by atoms with Gasteiger partial charge in [0.1, 0.15) is 16.9 Å². The van der Waals surface area contributed by atoms with E-state index in [4.69, 9.17) is 16.6 Å². The highest BCUT2D eigenvalue weighted by Crippen LogP contribution is 2.39. The van der Waals surface area contributed by atoms with Gasteiger partial charge in [0.15, 0.2) is 5.82 Å². The topological polar surface area (TPSA) is 75.4 Å². The first-order chi connectivity index (χ1) is 17.2. The number of aromatic nitrogens is 3. The molecular formula is C27H27ClN6OS. The van der Waals surface area contributed by atoms with Crippen molar-refractivity contribution in [3.8, 4) is 5.00 Å². The first kappa shape index (κ1) is 24.2. The third-order valence-corrected chi connectivity index (χ3v) is 7.83. The van der Waals surface area contributed by atoms with Crippen LogP contribution >= 0.6 is 22.9 Å². The van der Waals surface area contributed by atoms with Crippen LogP contribution in [0.15, 0.2) is 53.5 Å². The zero-order chi connectivity index (χ0) is 25.6. The Labute approximate surface area is 219 Å². The van der Waals surface area contributed by atoms with Crippen LogP contribution in [0.25, 0.3) is 5.00 Å². The fourth-order valence-corrected chi connectivity index (χ4v) is 5.72. The second kappa shape index (κ2) is 9.52. The average Bonchev–Trinajstić information content (AvgIpc) is 3.32. The van der Waals surface area contributed by atoms with E-state index in [1.807, 2.05) is 74.4 Å². The van der Waals surface area contributed by atoms with E-state index in [0.717, 1.165) is 44.6 Å². The van der Waals surface area contributed by atoms with Gasteiger partial charge in [-0.15, -0.1) is 21.5 Å². The summed E-state index contributed by atoms with van der Waals surface area (Å²) in [5, 5.41) is 13.6. The van der Waals surface area contributed by atoms with Gasteiger partial charge in [0.25, 0.3) is 0 Å². The van der Waals surface area contributed by atoms with Crippen LogP contribution in [0.1, 0.15) is 45.7 Å². The molecule has 36 heavy (non-hydrogen) atoms. The molecular weight excluding hydrogens is 492 g/mol. The van der Waals surface area contributed by atoms with Crippen LogP contribution in [0.2, 0.25) is 5.02 Å². The normalized spacial score (nSPS) is 14.5. The molecule has 3 heterocycles. The number of aliphatic imine (C=N–C) groups is 1. The standard InChI is InChI=1S/C27H27ClN6OS/c1-15-16(2)36-27-24(15)25(18-9-11-19(28)12-10-18)30-22(26-32-31-17(3)34(26)27)14-23(35)29-20-7-6-8-21(13-20)33(4)5/h6-13,22H,14H2,1-5H3,(H,29,35). The van der Waals surface area contributed by atoms with Gasteiger partial charge >= 0.3 is 0 Å². The highest BCUT2D eigenvalue weighted by molar-refractivity contribution is 7.15. The molecule has 9 heteroatoms. The Morgan fingerprint density at radius 3 is 2.58 bits per heavy atom. The van der Waals surface area contributed by atoms with Crippen LogP contribution < -0.4 is 10.2 Å². The van der Waals surface area contributed by atoms with Crippen LogP contribution in [0.3, 0.4) is 0 Å². The molecule has 1 unspecified atom stereocenters. The Morgan fingerprint density at radius 2 is 1.86 bits per heavy atom. The number of nitrogens with one attached hydrogen (secondary N) is 1. The molecule has 0 saturated heterocycles. The van der Waals surface area contributed by atoms with Crippen molar-refractivity contribution in [2.45, 2.75) is 33.2 Å². The fraction of sp³-hybridized carbons (Fsp3) is 0.259. The van der Waals surface area contributed by atoms with Crippen LogP contribution in [0.5, 0.6) is 0 Å². The number of thiophene rings is 1. The zero-order valence-corrected chi connectivity index (χ0v) is 22.4. The smallest absolute Gasteiger partial charge is 0.227 e. The molecule has 0 bridgehead atoms. The summed E-state index contributed by atoms with van der Waals surface area (Å²) in [7, 11) is 3.94. The van der Waals surface area contributed by atoms with E-state index in [-0.39, 0.29) is 12.3 Å². The number of nitrogens with zero attached hydrogens (tertiary/aromatic N) is 5. The number of anilines is 2. The summed E-state index contributed by atoms with van der Waals surface area (Å²) in [6, 6.07) is 14.9. The summed E-state index contributed by atoms with van der Waals surface area (Å²) in [5.41, 5.74) is 5.74. The van der Waals surface area contributed by atoms with Gasteiger partial charge in [-0.25, -0.2) is 0 Å². The van der Waals surface area contributed by atoms with Gasteiger partial charge in [-0.2, -0.15) is 0 Å². The molecule has 2 aromatic heterocycles. The largest absolute Gasteiger partial charge is 0.378 e. The molecule has 1 aliphatic heterocycles. The van der Waals surface area contributed by atoms with Gasteiger partial charge in [-0.1, -0.05) is 29.8 Å². The molecule has 0 aliphatic carbocycles. The van der Waals surface area contributed by atoms with Gasteiger partial charge in [-0.3, -0.25) is 14.4 Å². The van der Waals surface area contributed by atoms with Crippen molar-refractivity contribution in [1.29, 1.82) is 0 Å². The number of rotatable bonds is 5. The number of halogens is 1. The quantitative estimate of drug-likeness (QED) is 0.357. The van der Waals surface area contributed by atoms with Gasteiger partial charge in [0.2, 0.25) is 5.91 Å². The second-order valence-electron chi connectivity index (χ2n) is 9.10. The maximum absolute atomic E-state index is 13.2. The third-order valence-electron chi connectivity index (χ3n) is 6.38. The first-order valence-corrected chi connectivity index (χ1v) is 12.9. The maximum Gasteiger partial charge on any atom is 0.227 e. The molecule has 1 atom stereocenters. The molecule has 0 fully saturated rings. The maximum atomic E-state index is 13.2. The van der Waals surface area contributed by atoms with Crippen molar-refractivity contribution in [3.63, 3.8) is 0 Å². The SMILES string of the molecule is Cc1sc2c(c1C)C(c1ccc(Cl)cc1)=NC(CC(=O)Nc1cccc(N(C)C)c1)c1nnc(C)n1-2. The van der Waals surface area contributed by atoms with Crippen LogP contribution in [0.4, 0.5) is 11.4 Å². The molecule has 1 amide bonds. The Balaban J connectivity index is 1.58. The Hall–Kier alpha value is -3.49. The van der Waals surface area contributed by atoms with Crippen LogP contribution in [0, 0.1) is 20.8 Å². The van der Waals surface area contributed by atoms with Gasteiger partial charge in [0, 0.05) is 46.5 Å². The number of hydrogen-bond acceptors (Lipinski definition) is 6. The minimum Gasteiger partial charge on any atom is -0.378 e. The lowest BCUT2D eigenvalue weighted by Gasteiger charge is -2.15. The van der Waals surface area contributed by atoms with Gasteiger partial charge in [-0.05, 0) is 56.7 Å². The van der Waals surface area contributed by atoms with E-state index in [1.165, 1.54) is 4.88 Å². The summed E-state index contributed by atoms with van der Waals surface area (Å²) in [5.74, 6) is 1.29. The third kappa shape index (κ3) is 4.42. The Morgan fingerprint density at radius 1 is 1.11 bits per heavy atom. The number of hydrogen-bond donors (Lipinski definition) is 1. The molecule has 1 N–H and O–H groups in total. The van der Waals surface area contributed by atoms with Crippen molar-refractivity contribution in [1.82, 2.24) is 14.8 Å². The minimum atomic E-state index is -0.506. The number of fused-ring (bicyclic) bond motifs is 3. The van der Waals surface area contributed by atoms with Crippen LogP contribution in [-0.2, 0) is 4.79 Å². The Bertz CT molecular complexity index is 1480. The summed E-state index contributed by atoms with van der Waals surface area (Å²) in [6.45, 7) is 6.16. The number of carbonyl (C=O) groups is 1. The number of aryl methyl sites for hydroxylation is 2.